The number of methoxy groups -OCH3 is 1. The van der Waals surface area contributed by atoms with Crippen LogP contribution in [0.5, 0.6) is 0 Å². The Bertz CT molecular complexity index is 549. The van der Waals surface area contributed by atoms with Crippen LogP contribution in [0.1, 0.15) is 24.8 Å². The molecular weight excluding hydrogens is 366 g/mol. The first-order chi connectivity index (χ1) is 12.7. The molecule has 0 saturated carbocycles. The van der Waals surface area contributed by atoms with Crippen molar-refractivity contribution in [3.05, 3.63) is 35.9 Å². The zero-order chi connectivity index (χ0) is 18.6. The number of halogens is 1. The normalized spacial score (nSPS) is 14.5. The molecule has 0 aromatic heterocycles. The summed E-state index contributed by atoms with van der Waals surface area (Å²) in [4.78, 5) is 26.5. The third-order valence-corrected chi connectivity index (χ3v) is 4.77. The van der Waals surface area contributed by atoms with E-state index >= 15 is 0 Å². The molecule has 0 bridgehead atoms. The number of benzene rings is 1. The number of nitrogens with zero attached hydrogens (tertiary/aromatic N) is 1. The molecule has 2 N–H and O–H groups in total. The summed E-state index contributed by atoms with van der Waals surface area (Å²) < 4.78 is 4.95. The number of hydrogen-bond donors (Lipinski definition) is 2. The van der Waals surface area contributed by atoms with Gasteiger partial charge in [-0.1, -0.05) is 30.3 Å². The molecule has 2 rings (SSSR count). The van der Waals surface area contributed by atoms with E-state index in [0.717, 1.165) is 32.4 Å². The van der Waals surface area contributed by atoms with Crippen molar-refractivity contribution >= 4 is 24.2 Å². The largest absolute Gasteiger partial charge is 0.383 e. The molecule has 0 atom stereocenters. The average molecular weight is 398 g/mol. The summed E-state index contributed by atoms with van der Waals surface area (Å²) in [6.45, 7) is 4.18. The maximum absolute atomic E-state index is 12.4. The van der Waals surface area contributed by atoms with E-state index in [1.54, 1.807) is 7.11 Å². The molecule has 0 spiro atoms. The Morgan fingerprint density at radius 1 is 1.11 bits per heavy atom. The number of aryl methyl sites for hydroxylation is 1. The van der Waals surface area contributed by atoms with E-state index in [-0.39, 0.29) is 30.1 Å². The molecule has 1 aliphatic heterocycles. The van der Waals surface area contributed by atoms with E-state index in [0.29, 0.717) is 32.7 Å². The molecule has 0 aliphatic carbocycles. The van der Waals surface area contributed by atoms with Crippen molar-refractivity contribution in [3.8, 4) is 0 Å². The first kappa shape index (κ1) is 23.4. The second-order valence-corrected chi connectivity index (χ2v) is 6.67. The lowest BCUT2D eigenvalue weighted by Crippen LogP contribution is -2.44. The van der Waals surface area contributed by atoms with Gasteiger partial charge in [0.1, 0.15) is 0 Å². The number of rotatable bonds is 10. The summed E-state index contributed by atoms with van der Waals surface area (Å²) in [5.41, 5.74) is 1.19. The lowest BCUT2D eigenvalue weighted by molar-refractivity contribution is -0.135. The maximum atomic E-state index is 12.4. The van der Waals surface area contributed by atoms with Gasteiger partial charge >= 0.3 is 0 Å². The van der Waals surface area contributed by atoms with Crippen LogP contribution in [-0.2, 0) is 20.7 Å². The fourth-order valence-corrected chi connectivity index (χ4v) is 3.16. The van der Waals surface area contributed by atoms with Crippen LogP contribution in [0.25, 0.3) is 0 Å². The Kier molecular flexibility index (Phi) is 11.7. The molecule has 0 radical (unpaired) electrons. The highest BCUT2D eigenvalue weighted by Gasteiger charge is 2.26. The molecule has 1 aromatic carbocycles. The Balaban J connectivity index is 0.00000364. The van der Waals surface area contributed by atoms with Gasteiger partial charge in [-0.3, -0.25) is 9.59 Å². The standard InChI is InChI=1S/C20H31N3O3.ClH/c1-26-16-13-21-11-12-22-20(25)18-9-14-23(15-10-18)19(24)8-7-17-5-3-2-4-6-17;/h2-6,18,21H,7-16H2,1H3,(H,22,25);1H. The summed E-state index contributed by atoms with van der Waals surface area (Å²) in [5, 5.41) is 6.18. The highest BCUT2D eigenvalue weighted by molar-refractivity contribution is 5.85. The fraction of sp³-hybridized carbons (Fsp3) is 0.600. The second kappa shape index (κ2) is 13.5. The first-order valence-corrected chi connectivity index (χ1v) is 9.49. The Labute approximate surface area is 168 Å². The van der Waals surface area contributed by atoms with Crippen molar-refractivity contribution < 1.29 is 14.3 Å². The number of nitrogens with one attached hydrogen (secondary N) is 2. The monoisotopic (exact) mass is 397 g/mol. The van der Waals surface area contributed by atoms with Crippen molar-refractivity contribution in [2.45, 2.75) is 25.7 Å². The number of carbonyl (C=O) groups is 2. The Hall–Kier alpha value is -1.63. The molecule has 2 amide bonds. The molecule has 1 heterocycles. The van der Waals surface area contributed by atoms with Crippen LogP contribution in [0.4, 0.5) is 0 Å². The van der Waals surface area contributed by atoms with Crippen molar-refractivity contribution in [1.29, 1.82) is 0 Å². The third-order valence-electron chi connectivity index (χ3n) is 4.77. The van der Waals surface area contributed by atoms with Crippen LogP contribution in [0.15, 0.2) is 30.3 Å². The van der Waals surface area contributed by atoms with Crippen molar-refractivity contribution in [3.63, 3.8) is 0 Å². The Morgan fingerprint density at radius 2 is 1.81 bits per heavy atom. The van der Waals surface area contributed by atoms with Crippen LogP contribution in [-0.4, -0.2) is 63.2 Å². The van der Waals surface area contributed by atoms with Gasteiger partial charge in [0.25, 0.3) is 0 Å². The van der Waals surface area contributed by atoms with Gasteiger partial charge in [-0.2, -0.15) is 0 Å². The lowest BCUT2D eigenvalue weighted by Gasteiger charge is -2.31. The van der Waals surface area contributed by atoms with E-state index in [9.17, 15) is 9.59 Å². The van der Waals surface area contributed by atoms with Gasteiger partial charge in [0, 0.05) is 52.2 Å². The number of amides is 2. The van der Waals surface area contributed by atoms with Gasteiger partial charge in [0.05, 0.1) is 6.61 Å². The second-order valence-electron chi connectivity index (χ2n) is 6.67. The summed E-state index contributed by atoms with van der Waals surface area (Å²) in [5.74, 6) is 0.317. The minimum absolute atomic E-state index is 0. The first-order valence-electron chi connectivity index (χ1n) is 9.49. The maximum Gasteiger partial charge on any atom is 0.223 e. The van der Waals surface area contributed by atoms with Crippen molar-refractivity contribution in [1.82, 2.24) is 15.5 Å². The van der Waals surface area contributed by atoms with Gasteiger partial charge in [-0.15, -0.1) is 12.4 Å². The van der Waals surface area contributed by atoms with Gasteiger partial charge in [0.15, 0.2) is 0 Å². The predicted molar refractivity (Wildman–Crippen MR) is 109 cm³/mol. The molecule has 152 valence electrons. The molecule has 1 aliphatic rings. The molecule has 6 nitrogen and oxygen atoms in total. The van der Waals surface area contributed by atoms with Gasteiger partial charge in [-0.25, -0.2) is 0 Å². The number of likely N-dealkylation sites (tertiary alicyclic amines) is 1. The predicted octanol–water partition coefficient (Wildman–Crippen LogP) is 1.63. The zero-order valence-electron chi connectivity index (χ0n) is 16.1. The average Bonchev–Trinajstić information content (AvgIpc) is 2.69. The van der Waals surface area contributed by atoms with E-state index < -0.39 is 0 Å². The number of ether oxygens (including phenoxy) is 1. The highest BCUT2D eigenvalue weighted by atomic mass is 35.5. The minimum atomic E-state index is 0. The number of carbonyl (C=O) groups excluding carboxylic acids is 2. The van der Waals surface area contributed by atoms with E-state index in [1.165, 1.54) is 5.56 Å². The SMILES string of the molecule is COCCNCCNC(=O)C1CCN(C(=O)CCc2ccccc2)CC1.Cl. The molecule has 0 unspecified atom stereocenters. The van der Waals surface area contributed by atoms with Crippen molar-refractivity contribution in [2.24, 2.45) is 5.92 Å². The van der Waals surface area contributed by atoms with Crippen LogP contribution in [0.2, 0.25) is 0 Å². The smallest absolute Gasteiger partial charge is 0.223 e. The number of hydrogen-bond acceptors (Lipinski definition) is 4. The van der Waals surface area contributed by atoms with E-state index in [4.69, 9.17) is 4.74 Å². The van der Waals surface area contributed by atoms with Crippen molar-refractivity contribution in [2.75, 3.05) is 46.4 Å². The minimum Gasteiger partial charge on any atom is -0.383 e. The Morgan fingerprint density at radius 3 is 2.48 bits per heavy atom. The highest BCUT2D eigenvalue weighted by Crippen LogP contribution is 2.18. The molecule has 7 heteroatoms. The van der Waals surface area contributed by atoms with E-state index in [2.05, 4.69) is 10.6 Å². The third kappa shape index (κ3) is 8.73. The summed E-state index contributed by atoms with van der Waals surface area (Å²) in [7, 11) is 1.67. The van der Waals surface area contributed by atoms with Crippen LogP contribution >= 0.6 is 12.4 Å². The summed E-state index contributed by atoms with van der Waals surface area (Å²) in [6.07, 6.45) is 2.81. The molecule has 1 aromatic rings. The van der Waals surface area contributed by atoms with Crippen LogP contribution in [0, 0.1) is 5.92 Å². The van der Waals surface area contributed by atoms with Gasteiger partial charge in [0.2, 0.25) is 11.8 Å². The molecule has 27 heavy (non-hydrogen) atoms. The van der Waals surface area contributed by atoms with Gasteiger partial charge < -0.3 is 20.3 Å². The van der Waals surface area contributed by atoms with Crippen LogP contribution in [0.3, 0.4) is 0 Å². The summed E-state index contributed by atoms with van der Waals surface area (Å²) >= 11 is 0. The fourth-order valence-electron chi connectivity index (χ4n) is 3.16. The lowest BCUT2D eigenvalue weighted by atomic mass is 9.95. The van der Waals surface area contributed by atoms with Crippen LogP contribution < -0.4 is 10.6 Å². The van der Waals surface area contributed by atoms with E-state index in [1.807, 2.05) is 35.2 Å². The van der Waals surface area contributed by atoms with Gasteiger partial charge in [-0.05, 0) is 24.8 Å². The molecule has 1 fully saturated rings. The zero-order valence-corrected chi connectivity index (χ0v) is 16.9. The molecule has 1 saturated heterocycles. The quantitative estimate of drug-likeness (QED) is 0.589. The number of piperidine rings is 1. The summed E-state index contributed by atoms with van der Waals surface area (Å²) in [6, 6.07) is 10.1. The molecular formula is C20H32ClN3O3. The topological polar surface area (TPSA) is 70.7 Å².